The van der Waals surface area contributed by atoms with Gasteiger partial charge in [-0.15, -0.1) is 11.3 Å². The normalized spacial score (nSPS) is 15.7. The number of anilines is 1. The first-order valence-electron chi connectivity index (χ1n) is 9.70. The van der Waals surface area contributed by atoms with Gasteiger partial charge in [0.2, 0.25) is 5.95 Å². The molecule has 8 heteroatoms. The number of carbonyl (C=O) groups excluding carboxylic acids is 1. The van der Waals surface area contributed by atoms with Gasteiger partial charge in [-0.2, -0.15) is 0 Å². The number of nitrogens with zero attached hydrogens (tertiary/aromatic N) is 3. The first-order valence-corrected chi connectivity index (χ1v) is 10.6. The zero-order valence-corrected chi connectivity index (χ0v) is 17.1. The van der Waals surface area contributed by atoms with Crippen LogP contribution in [0.4, 0.5) is 5.95 Å². The predicted octanol–water partition coefficient (Wildman–Crippen LogP) is 3.21. The second-order valence-corrected chi connectivity index (χ2v) is 7.12. The highest BCUT2D eigenvalue weighted by molar-refractivity contribution is 7.17. The first kappa shape index (κ1) is 20.2. The summed E-state index contributed by atoms with van der Waals surface area (Å²) in [6.07, 6.45) is 4.00. The third kappa shape index (κ3) is 5.02. The minimum absolute atomic E-state index is 0.158. The van der Waals surface area contributed by atoms with Crippen LogP contribution in [0, 0.1) is 0 Å². The maximum atomic E-state index is 12.7. The molecular formula is C20H26N6OS. The summed E-state index contributed by atoms with van der Waals surface area (Å²) in [7, 11) is 0. The van der Waals surface area contributed by atoms with Crippen molar-refractivity contribution in [3.05, 3.63) is 47.2 Å². The van der Waals surface area contributed by atoms with Gasteiger partial charge in [0.1, 0.15) is 0 Å². The zero-order valence-electron chi connectivity index (χ0n) is 16.2. The summed E-state index contributed by atoms with van der Waals surface area (Å²) in [5, 5.41) is 11.5. The smallest absolute Gasteiger partial charge is 0.271 e. The average molecular weight is 399 g/mol. The second kappa shape index (κ2) is 10.1. The summed E-state index contributed by atoms with van der Waals surface area (Å²) in [5.41, 5.74) is 2.09. The van der Waals surface area contributed by atoms with Gasteiger partial charge in [-0.1, -0.05) is 19.9 Å². The molecule has 4 rings (SSSR count). The molecule has 1 aliphatic heterocycles. The van der Waals surface area contributed by atoms with E-state index >= 15 is 0 Å². The molecule has 0 aromatic carbocycles. The van der Waals surface area contributed by atoms with E-state index in [4.69, 9.17) is 0 Å². The van der Waals surface area contributed by atoms with Crippen molar-refractivity contribution in [1.29, 1.82) is 0 Å². The lowest BCUT2D eigenvalue weighted by Gasteiger charge is -2.12. The lowest BCUT2D eigenvalue weighted by Crippen LogP contribution is -2.37. The van der Waals surface area contributed by atoms with E-state index in [2.05, 4.69) is 30.9 Å². The predicted molar refractivity (Wildman–Crippen MR) is 114 cm³/mol. The van der Waals surface area contributed by atoms with Gasteiger partial charge in [-0.3, -0.25) is 9.78 Å². The molecule has 0 aliphatic carbocycles. The Kier molecular flexibility index (Phi) is 7.27. The van der Waals surface area contributed by atoms with E-state index in [0.29, 0.717) is 30.8 Å². The number of hydrogen-bond donors (Lipinski definition) is 3. The molecule has 7 nitrogen and oxygen atoms in total. The van der Waals surface area contributed by atoms with Crippen LogP contribution in [0.25, 0.3) is 10.2 Å². The van der Waals surface area contributed by atoms with Gasteiger partial charge in [0.25, 0.3) is 5.91 Å². The van der Waals surface area contributed by atoms with Crippen molar-refractivity contribution in [3.63, 3.8) is 0 Å². The topological polar surface area (TPSA) is 91.8 Å². The van der Waals surface area contributed by atoms with Crippen LogP contribution in [-0.2, 0) is 6.54 Å². The lowest BCUT2D eigenvalue weighted by atomic mass is 10.2. The fourth-order valence-electron chi connectivity index (χ4n) is 3.00. The number of thiophene rings is 1. The molecule has 0 radical (unpaired) electrons. The standard InChI is InChI=1S/C18H20N6OS.C2H6/c25-17(21-10-13-5-3-8-20-13)15-16-14(6-9-26-16)23-18(24-15)22-11-12-4-1-2-7-19-12;1-2/h1-2,4,6-7,9,13,20H,3,5,8,10-11H2,(H,21,25)(H,22,23,24);1-2H3/t13-;/m1./s1. The number of pyridine rings is 1. The molecular weight excluding hydrogens is 372 g/mol. The van der Waals surface area contributed by atoms with Crippen molar-refractivity contribution < 1.29 is 4.79 Å². The quantitative estimate of drug-likeness (QED) is 0.591. The van der Waals surface area contributed by atoms with Crippen LogP contribution >= 0.6 is 11.3 Å². The van der Waals surface area contributed by atoms with E-state index in [0.717, 1.165) is 35.3 Å². The fraction of sp³-hybridized carbons (Fsp3) is 0.400. The number of amides is 1. The summed E-state index contributed by atoms with van der Waals surface area (Å²) >= 11 is 1.48. The van der Waals surface area contributed by atoms with Crippen molar-refractivity contribution in [3.8, 4) is 0 Å². The van der Waals surface area contributed by atoms with Crippen LogP contribution in [0.5, 0.6) is 0 Å². The van der Waals surface area contributed by atoms with Gasteiger partial charge in [0.15, 0.2) is 5.69 Å². The molecule has 3 aromatic heterocycles. The molecule has 0 bridgehead atoms. The second-order valence-electron chi connectivity index (χ2n) is 6.21. The van der Waals surface area contributed by atoms with E-state index in [9.17, 15) is 4.79 Å². The van der Waals surface area contributed by atoms with Crippen LogP contribution in [0.1, 0.15) is 42.9 Å². The number of nitrogens with one attached hydrogen (secondary N) is 3. The number of hydrogen-bond acceptors (Lipinski definition) is 7. The summed E-state index contributed by atoms with van der Waals surface area (Å²) < 4.78 is 0.810. The van der Waals surface area contributed by atoms with E-state index in [1.807, 2.05) is 43.5 Å². The van der Waals surface area contributed by atoms with E-state index in [1.54, 1.807) is 6.20 Å². The Morgan fingerprint density at radius 2 is 2.18 bits per heavy atom. The van der Waals surface area contributed by atoms with Crippen molar-refractivity contribution in [1.82, 2.24) is 25.6 Å². The Morgan fingerprint density at radius 3 is 2.93 bits per heavy atom. The number of carbonyl (C=O) groups is 1. The SMILES string of the molecule is CC.O=C(NC[C@H]1CCCN1)c1nc(NCc2ccccn2)nc2ccsc12. The molecule has 0 saturated carbocycles. The summed E-state index contributed by atoms with van der Waals surface area (Å²) in [6.45, 7) is 6.14. The largest absolute Gasteiger partial charge is 0.349 e. The Bertz CT molecular complexity index is 892. The maximum absolute atomic E-state index is 12.7. The molecule has 1 aliphatic rings. The van der Waals surface area contributed by atoms with Crippen molar-refractivity contribution in [2.75, 3.05) is 18.4 Å². The Balaban J connectivity index is 0.00000109. The Hall–Kier alpha value is -2.58. The third-order valence-electron chi connectivity index (χ3n) is 4.34. The number of rotatable bonds is 6. The third-order valence-corrected chi connectivity index (χ3v) is 5.25. The molecule has 1 amide bonds. The molecule has 0 unspecified atom stereocenters. The van der Waals surface area contributed by atoms with E-state index in [1.165, 1.54) is 11.3 Å². The molecule has 0 spiro atoms. The van der Waals surface area contributed by atoms with E-state index in [-0.39, 0.29) is 5.91 Å². The molecule has 3 aromatic rings. The minimum atomic E-state index is -0.158. The summed E-state index contributed by atoms with van der Waals surface area (Å²) in [6, 6.07) is 7.99. The zero-order chi connectivity index (χ0) is 19.8. The molecule has 3 N–H and O–H groups in total. The molecule has 4 heterocycles. The molecule has 1 saturated heterocycles. The van der Waals surface area contributed by atoms with Gasteiger partial charge in [0, 0.05) is 18.8 Å². The van der Waals surface area contributed by atoms with Gasteiger partial charge in [0.05, 0.1) is 22.5 Å². The molecule has 148 valence electrons. The van der Waals surface area contributed by atoms with Gasteiger partial charge >= 0.3 is 0 Å². The Morgan fingerprint density at radius 1 is 1.29 bits per heavy atom. The molecule has 28 heavy (non-hydrogen) atoms. The Labute approximate surface area is 169 Å². The summed E-state index contributed by atoms with van der Waals surface area (Å²) in [4.78, 5) is 25.9. The summed E-state index contributed by atoms with van der Waals surface area (Å²) in [5.74, 6) is 0.278. The number of fused-ring (bicyclic) bond motifs is 1. The fourth-order valence-corrected chi connectivity index (χ4v) is 3.82. The van der Waals surface area contributed by atoms with Crippen molar-refractivity contribution in [2.45, 2.75) is 39.3 Å². The van der Waals surface area contributed by atoms with Crippen LogP contribution in [0.2, 0.25) is 0 Å². The van der Waals surface area contributed by atoms with Crippen LogP contribution < -0.4 is 16.0 Å². The first-order chi connectivity index (χ1) is 13.8. The van der Waals surface area contributed by atoms with Crippen LogP contribution in [0.15, 0.2) is 35.8 Å². The van der Waals surface area contributed by atoms with E-state index < -0.39 is 0 Å². The average Bonchev–Trinajstić information content (AvgIpc) is 3.44. The monoisotopic (exact) mass is 398 g/mol. The minimum Gasteiger partial charge on any atom is -0.349 e. The molecule has 1 atom stereocenters. The van der Waals surface area contributed by atoms with Crippen molar-refractivity contribution >= 4 is 33.4 Å². The van der Waals surface area contributed by atoms with Gasteiger partial charge < -0.3 is 16.0 Å². The van der Waals surface area contributed by atoms with Crippen LogP contribution in [-0.4, -0.2) is 40.0 Å². The van der Waals surface area contributed by atoms with Gasteiger partial charge in [-0.25, -0.2) is 9.97 Å². The highest BCUT2D eigenvalue weighted by Crippen LogP contribution is 2.23. The highest BCUT2D eigenvalue weighted by atomic mass is 32.1. The van der Waals surface area contributed by atoms with Crippen LogP contribution in [0.3, 0.4) is 0 Å². The number of aromatic nitrogens is 3. The van der Waals surface area contributed by atoms with Gasteiger partial charge in [-0.05, 0) is 43.0 Å². The van der Waals surface area contributed by atoms with Crippen molar-refractivity contribution in [2.24, 2.45) is 0 Å². The highest BCUT2D eigenvalue weighted by Gasteiger charge is 2.19. The lowest BCUT2D eigenvalue weighted by molar-refractivity contribution is 0.0947. The molecule has 1 fully saturated rings. The maximum Gasteiger partial charge on any atom is 0.271 e.